The van der Waals surface area contributed by atoms with Crippen molar-refractivity contribution in [2.75, 3.05) is 13.2 Å². The van der Waals surface area contributed by atoms with Crippen LogP contribution in [0.25, 0.3) is 5.57 Å². The summed E-state index contributed by atoms with van der Waals surface area (Å²) in [6, 6.07) is 55.6. The maximum Gasteiger partial charge on any atom is 0.119 e. The number of ether oxygens (including phenoxy) is 5. The first-order valence-electron chi connectivity index (χ1n) is 19.4. The Kier molecular flexibility index (Phi) is 14.2. The van der Waals surface area contributed by atoms with E-state index in [0.717, 1.165) is 50.3 Å². The van der Waals surface area contributed by atoms with Gasteiger partial charge in [0.05, 0.1) is 45.7 Å². The lowest BCUT2D eigenvalue weighted by molar-refractivity contribution is -0.158. The van der Waals surface area contributed by atoms with Crippen molar-refractivity contribution in [2.24, 2.45) is 5.92 Å². The molecular formula is C50H49ClO5. The predicted molar refractivity (Wildman–Crippen MR) is 224 cm³/mol. The van der Waals surface area contributed by atoms with Crippen LogP contribution in [0, 0.1) is 5.92 Å². The van der Waals surface area contributed by atoms with E-state index in [0.29, 0.717) is 51.1 Å². The smallest absolute Gasteiger partial charge is 0.119 e. The van der Waals surface area contributed by atoms with Crippen LogP contribution in [0.3, 0.4) is 0 Å². The minimum Gasteiger partial charge on any atom is -0.494 e. The van der Waals surface area contributed by atoms with Crippen LogP contribution in [0.2, 0.25) is 5.02 Å². The van der Waals surface area contributed by atoms with Crippen LogP contribution in [0.4, 0.5) is 0 Å². The third-order valence-corrected chi connectivity index (χ3v) is 10.4. The van der Waals surface area contributed by atoms with Crippen molar-refractivity contribution in [3.8, 4) is 5.75 Å². The summed E-state index contributed by atoms with van der Waals surface area (Å²) < 4.78 is 33.1. The van der Waals surface area contributed by atoms with Crippen LogP contribution in [-0.4, -0.2) is 31.5 Å². The maximum absolute atomic E-state index is 7.01. The molecule has 1 aliphatic carbocycles. The van der Waals surface area contributed by atoms with E-state index in [1.54, 1.807) is 0 Å². The fourth-order valence-corrected chi connectivity index (χ4v) is 7.35. The molecule has 4 unspecified atom stereocenters. The molecule has 7 rings (SSSR count). The Morgan fingerprint density at radius 3 is 1.59 bits per heavy atom. The van der Waals surface area contributed by atoms with Gasteiger partial charge in [-0.25, -0.2) is 0 Å². The van der Waals surface area contributed by atoms with Crippen LogP contribution < -0.4 is 4.74 Å². The van der Waals surface area contributed by atoms with Gasteiger partial charge in [0, 0.05) is 10.9 Å². The zero-order valence-electron chi connectivity index (χ0n) is 31.8. The van der Waals surface area contributed by atoms with Crippen molar-refractivity contribution in [2.45, 2.75) is 58.1 Å². The molecule has 0 aliphatic heterocycles. The average molecular weight is 765 g/mol. The van der Waals surface area contributed by atoms with Crippen molar-refractivity contribution < 1.29 is 23.7 Å². The lowest BCUT2D eigenvalue weighted by Crippen LogP contribution is -2.50. The van der Waals surface area contributed by atoms with Crippen LogP contribution in [0.15, 0.2) is 170 Å². The lowest BCUT2D eigenvalue weighted by atomic mass is 9.80. The van der Waals surface area contributed by atoms with E-state index >= 15 is 0 Å². The molecule has 6 heteroatoms. The van der Waals surface area contributed by atoms with E-state index in [4.69, 9.17) is 35.3 Å². The van der Waals surface area contributed by atoms with E-state index in [9.17, 15) is 0 Å². The number of benzene rings is 6. The third-order valence-electron chi connectivity index (χ3n) is 10.0. The second-order valence-electron chi connectivity index (χ2n) is 14.1. The van der Waals surface area contributed by atoms with Gasteiger partial charge in [0.25, 0.3) is 0 Å². The Morgan fingerprint density at radius 1 is 0.518 bits per heavy atom. The molecule has 0 amide bonds. The molecule has 6 aromatic rings. The lowest BCUT2D eigenvalue weighted by Gasteiger charge is -2.42. The molecule has 6 aromatic carbocycles. The summed E-state index contributed by atoms with van der Waals surface area (Å²) in [4.78, 5) is 0. The summed E-state index contributed by atoms with van der Waals surface area (Å²) in [7, 11) is 0. The van der Waals surface area contributed by atoms with Crippen molar-refractivity contribution in [3.63, 3.8) is 0 Å². The van der Waals surface area contributed by atoms with Gasteiger partial charge in [0.15, 0.2) is 0 Å². The molecule has 0 aromatic heterocycles. The molecule has 0 fully saturated rings. The van der Waals surface area contributed by atoms with E-state index in [1.165, 1.54) is 0 Å². The molecule has 4 atom stereocenters. The van der Waals surface area contributed by atoms with Crippen molar-refractivity contribution in [3.05, 3.63) is 214 Å². The molecular weight excluding hydrogens is 716 g/mol. The first-order valence-corrected chi connectivity index (χ1v) is 19.8. The number of halogens is 1. The van der Waals surface area contributed by atoms with Gasteiger partial charge < -0.3 is 23.7 Å². The first-order chi connectivity index (χ1) is 27.6. The van der Waals surface area contributed by atoms with Crippen LogP contribution in [-0.2, 0) is 51.8 Å². The summed E-state index contributed by atoms with van der Waals surface area (Å²) in [6.45, 7) is 4.77. The fourth-order valence-electron chi connectivity index (χ4n) is 7.16. The van der Waals surface area contributed by atoms with Crippen molar-refractivity contribution in [1.82, 2.24) is 0 Å². The molecule has 1 aliphatic rings. The van der Waals surface area contributed by atoms with Crippen molar-refractivity contribution >= 4 is 17.2 Å². The van der Waals surface area contributed by atoms with Gasteiger partial charge in [-0.15, -0.1) is 0 Å². The number of rotatable bonds is 18. The molecule has 5 nitrogen and oxygen atoms in total. The number of hydrogen-bond donors (Lipinski definition) is 0. The number of hydrogen-bond acceptors (Lipinski definition) is 5. The van der Waals surface area contributed by atoms with E-state index in [2.05, 4.69) is 78.9 Å². The Morgan fingerprint density at radius 2 is 1.04 bits per heavy atom. The summed E-state index contributed by atoms with van der Waals surface area (Å²) in [5, 5.41) is 0.712. The Hall–Kier alpha value is -5.01. The molecule has 0 N–H and O–H groups in total. The molecule has 0 bridgehead atoms. The van der Waals surface area contributed by atoms with Gasteiger partial charge in [0.2, 0.25) is 0 Å². The highest BCUT2D eigenvalue weighted by Crippen LogP contribution is 2.39. The molecule has 0 saturated carbocycles. The zero-order valence-corrected chi connectivity index (χ0v) is 32.6. The van der Waals surface area contributed by atoms with Gasteiger partial charge in [-0.2, -0.15) is 0 Å². The van der Waals surface area contributed by atoms with Crippen molar-refractivity contribution in [1.29, 1.82) is 0 Å². The van der Waals surface area contributed by atoms with Gasteiger partial charge in [-0.1, -0.05) is 157 Å². The third kappa shape index (κ3) is 10.8. The van der Waals surface area contributed by atoms with Crippen LogP contribution >= 0.6 is 11.6 Å². The largest absolute Gasteiger partial charge is 0.494 e. The highest BCUT2D eigenvalue weighted by atomic mass is 35.5. The molecule has 0 saturated heterocycles. The van der Waals surface area contributed by atoms with Gasteiger partial charge >= 0.3 is 0 Å². The molecule has 0 heterocycles. The second kappa shape index (κ2) is 20.2. The quantitative estimate of drug-likeness (QED) is 0.0872. The predicted octanol–water partition coefficient (Wildman–Crippen LogP) is 11.3. The van der Waals surface area contributed by atoms with Crippen LogP contribution in [0.5, 0.6) is 5.75 Å². The average Bonchev–Trinajstić information content (AvgIpc) is 3.25. The monoisotopic (exact) mass is 764 g/mol. The van der Waals surface area contributed by atoms with Crippen LogP contribution in [0.1, 0.15) is 45.9 Å². The van der Waals surface area contributed by atoms with Gasteiger partial charge in [-0.05, 0) is 82.1 Å². The maximum atomic E-state index is 7.01. The Labute approximate surface area is 336 Å². The molecule has 0 radical (unpaired) electrons. The molecule has 0 spiro atoms. The van der Waals surface area contributed by atoms with E-state index in [-0.39, 0.29) is 12.0 Å². The summed E-state index contributed by atoms with van der Waals surface area (Å²) in [5.41, 5.74) is 8.58. The highest BCUT2D eigenvalue weighted by Gasteiger charge is 2.43. The van der Waals surface area contributed by atoms with E-state index < -0.39 is 12.2 Å². The summed E-state index contributed by atoms with van der Waals surface area (Å²) >= 11 is 6.93. The fraction of sp³-hybridized carbons (Fsp3) is 0.240. The minimum absolute atomic E-state index is 0.153. The standard InChI is InChI=1S/C50H49ClO5/c1-2-53-45-26-23-37(24-27-45)29-43-30-42(25-28-47(43)51)46-31-44(36-52-32-38-15-7-3-8-16-38)48(54-33-39-17-9-4-10-18-39)50(56-35-41-21-13-6-14-22-41)49(46)55-34-40-19-11-5-12-20-40/h3-28,30-31,44,48-50H,2,29,32-36H2,1H3. The van der Waals surface area contributed by atoms with Gasteiger partial charge in [0.1, 0.15) is 18.0 Å². The molecule has 286 valence electrons. The molecule has 56 heavy (non-hydrogen) atoms. The summed E-state index contributed by atoms with van der Waals surface area (Å²) in [6.07, 6.45) is 1.64. The normalized spacial score (nSPS) is 18.0. The minimum atomic E-state index is -0.474. The SMILES string of the molecule is CCOc1ccc(Cc2cc(C3=CC(COCc4ccccc4)C(OCc4ccccc4)C(OCc4ccccc4)C3OCc3ccccc3)ccc2Cl)cc1. The topological polar surface area (TPSA) is 46.2 Å². The Balaban J connectivity index is 1.28. The summed E-state index contributed by atoms with van der Waals surface area (Å²) in [5.74, 6) is 0.702. The second-order valence-corrected chi connectivity index (χ2v) is 14.5. The van der Waals surface area contributed by atoms with Gasteiger partial charge in [-0.3, -0.25) is 0 Å². The van der Waals surface area contributed by atoms with E-state index in [1.807, 2.05) is 97.9 Å². The highest BCUT2D eigenvalue weighted by molar-refractivity contribution is 6.31. The Bertz CT molecular complexity index is 2090. The first kappa shape index (κ1) is 39.2. The zero-order chi connectivity index (χ0) is 38.4.